The molecule has 10 aromatic carbocycles. The zero-order valence-electron chi connectivity index (χ0n) is 37.1. The van der Waals surface area contributed by atoms with E-state index in [2.05, 4.69) is 267 Å². The maximum Gasteiger partial charge on any atom is 0.0547 e. The Bertz CT molecular complexity index is 3630. The largest absolute Gasteiger partial charge is 0.309 e. The van der Waals surface area contributed by atoms with Crippen LogP contribution in [0.2, 0.25) is 0 Å². The fourth-order valence-electron chi connectivity index (χ4n) is 10.5. The Hall–Kier alpha value is -8.26. The SMILES string of the molecule is CC1(C)c2ccccc2-c2ccc(C(=Cc3ccc(-c4ccccc4)cc3)c3cc(-c4ccccc4)cc(-c4ccccc4-c4ccc5c6ccccc6n(-c6ccccc6)c5c4)c3)cc21. The summed E-state index contributed by atoms with van der Waals surface area (Å²) in [6.07, 6.45) is 2.39. The highest BCUT2D eigenvalue weighted by Gasteiger charge is 2.35. The standard InChI is InChI=1S/C65H47N/c1-65(2)61-28-16-14-26-56(61)57-36-34-48(42-62(57)65)60(38-44-30-32-47(33-31-44)45-18-6-3-7-19-45)52-40-50(46-20-8-4-9-21-46)39-51(41-52)55-25-13-12-24-54(55)49-35-37-59-58-27-15-17-29-63(58)66(64(59)43-49)53-22-10-5-11-23-53/h3-43H,1-2H3. The van der Waals surface area contributed by atoms with Crippen molar-refractivity contribution in [3.8, 4) is 61.3 Å². The fraction of sp³-hybridized carbons (Fsp3) is 0.0462. The molecule has 312 valence electrons. The molecule has 0 atom stereocenters. The van der Waals surface area contributed by atoms with Crippen LogP contribution >= 0.6 is 0 Å². The monoisotopic (exact) mass is 841 g/mol. The van der Waals surface area contributed by atoms with Crippen molar-refractivity contribution >= 4 is 33.5 Å². The summed E-state index contributed by atoms with van der Waals surface area (Å²) in [7, 11) is 0. The van der Waals surface area contributed by atoms with Crippen LogP contribution in [0.15, 0.2) is 243 Å². The quantitative estimate of drug-likeness (QED) is 0.134. The smallest absolute Gasteiger partial charge is 0.0547 e. The van der Waals surface area contributed by atoms with Gasteiger partial charge in [0.1, 0.15) is 0 Å². The van der Waals surface area contributed by atoms with Crippen molar-refractivity contribution < 1.29 is 0 Å². The van der Waals surface area contributed by atoms with E-state index in [1.54, 1.807) is 0 Å². The molecule has 1 nitrogen and oxygen atoms in total. The molecule has 66 heavy (non-hydrogen) atoms. The van der Waals surface area contributed by atoms with Crippen molar-refractivity contribution in [2.75, 3.05) is 0 Å². The van der Waals surface area contributed by atoms with Crippen LogP contribution in [-0.4, -0.2) is 4.57 Å². The predicted molar refractivity (Wildman–Crippen MR) is 280 cm³/mol. The Morgan fingerprint density at radius 1 is 0.348 bits per heavy atom. The van der Waals surface area contributed by atoms with E-state index in [4.69, 9.17) is 0 Å². The molecule has 0 spiro atoms. The number of nitrogens with zero attached hydrogens (tertiary/aromatic N) is 1. The van der Waals surface area contributed by atoms with E-state index in [9.17, 15) is 0 Å². The Balaban J connectivity index is 1.06. The van der Waals surface area contributed by atoms with Gasteiger partial charge in [0.05, 0.1) is 11.0 Å². The number of para-hydroxylation sites is 2. The summed E-state index contributed by atoms with van der Waals surface area (Å²) in [6.45, 7) is 4.74. The average Bonchev–Trinajstić information content (AvgIpc) is 3.83. The van der Waals surface area contributed by atoms with Gasteiger partial charge in [0.15, 0.2) is 0 Å². The molecule has 0 amide bonds. The fourth-order valence-corrected chi connectivity index (χ4v) is 10.5. The second kappa shape index (κ2) is 16.1. The zero-order valence-corrected chi connectivity index (χ0v) is 37.1. The van der Waals surface area contributed by atoms with E-state index in [0.29, 0.717) is 0 Å². The summed E-state index contributed by atoms with van der Waals surface area (Å²) in [4.78, 5) is 0. The van der Waals surface area contributed by atoms with E-state index in [-0.39, 0.29) is 5.41 Å². The lowest BCUT2D eigenvalue weighted by molar-refractivity contribution is 0.660. The van der Waals surface area contributed by atoms with Crippen LogP contribution in [0, 0.1) is 0 Å². The second-order valence-corrected chi connectivity index (χ2v) is 18.1. The highest BCUT2D eigenvalue weighted by molar-refractivity contribution is 6.10. The maximum atomic E-state index is 2.46. The average molecular weight is 842 g/mol. The molecule has 0 saturated heterocycles. The lowest BCUT2D eigenvalue weighted by Crippen LogP contribution is -2.15. The van der Waals surface area contributed by atoms with Gasteiger partial charge in [0.25, 0.3) is 0 Å². The molecule has 0 unspecified atom stereocenters. The first-order valence-corrected chi connectivity index (χ1v) is 23.0. The van der Waals surface area contributed by atoms with Crippen LogP contribution in [0.1, 0.15) is 41.7 Å². The van der Waals surface area contributed by atoms with E-state index in [1.807, 2.05) is 0 Å². The number of benzene rings is 10. The lowest BCUT2D eigenvalue weighted by atomic mass is 9.81. The molecule has 1 aromatic heterocycles. The van der Waals surface area contributed by atoms with Gasteiger partial charge in [0, 0.05) is 21.9 Å². The molecule has 1 aliphatic rings. The Kier molecular flexibility index (Phi) is 9.58. The zero-order chi connectivity index (χ0) is 44.2. The molecule has 0 radical (unpaired) electrons. The molecular formula is C65H47N. The number of fused-ring (bicyclic) bond motifs is 6. The molecule has 0 bridgehead atoms. The molecule has 0 saturated carbocycles. The van der Waals surface area contributed by atoms with E-state index < -0.39 is 0 Å². The van der Waals surface area contributed by atoms with Crippen LogP contribution in [0.25, 0.3) is 94.8 Å². The second-order valence-electron chi connectivity index (χ2n) is 18.1. The van der Waals surface area contributed by atoms with Crippen molar-refractivity contribution in [3.63, 3.8) is 0 Å². The van der Waals surface area contributed by atoms with Crippen LogP contribution < -0.4 is 0 Å². The van der Waals surface area contributed by atoms with Gasteiger partial charge in [-0.2, -0.15) is 0 Å². The number of rotatable bonds is 8. The van der Waals surface area contributed by atoms with E-state index in [1.165, 1.54) is 105 Å². The van der Waals surface area contributed by atoms with Crippen LogP contribution in [0.5, 0.6) is 0 Å². The van der Waals surface area contributed by atoms with E-state index in [0.717, 1.165) is 11.3 Å². The van der Waals surface area contributed by atoms with Crippen molar-refractivity contribution in [1.29, 1.82) is 0 Å². The van der Waals surface area contributed by atoms with Crippen LogP contribution in [0.3, 0.4) is 0 Å². The Morgan fingerprint density at radius 3 is 1.64 bits per heavy atom. The summed E-state index contributed by atoms with van der Waals surface area (Å²) in [5.74, 6) is 0. The highest BCUT2D eigenvalue weighted by atomic mass is 15.0. The van der Waals surface area contributed by atoms with Gasteiger partial charge >= 0.3 is 0 Å². The first kappa shape index (κ1) is 39.3. The molecule has 0 aliphatic heterocycles. The van der Waals surface area contributed by atoms with Gasteiger partial charge in [-0.3, -0.25) is 0 Å². The third kappa shape index (κ3) is 6.80. The molecular weight excluding hydrogens is 795 g/mol. The molecule has 1 heteroatoms. The van der Waals surface area contributed by atoms with Crippen molar-refractivity contribution in [2.45, 2.75) is 19.3 Å². The normalized spacial score (nSPS) is 12.9. The van der Waals surface area contributed by atoms with Crippen molar-refractivity contribution in [1.82, 2.24) is 4.57 Å². The minimum Gasteiger partial charge on any atom is -0.309 e. The first-order chi connectivity index (χ1) is 32.5. The number of aromatic nitrogens is 1. The predicted octanol–water partition coefficient (Wildman–Crippen LogP) is 17.3. The van der Waals surface area contributed by atoms with Gasteiger partial charge in [-0.05, 0) is 144 Å². The Morgan fingerprint density at radius 2 is 0.894 bits per heavy atom. The van der Waals surface area contributed by atoms with Crippen LogP contribution in [0.4, 0.5) is 0 Å². The van der Waals surface area contributed by atoms with Gasteiger partial charge < -0.3 is 4.57 Å². The number of hydrogen-bond acceptors (Lipinski definition) is 0. The lowest BCUT2D eigenvalue weighted by Gasteiger charge is -2.23. The highest BCUT2D eigenvalue weighted by Crippen LogP contribution is 2.50. The summed E-state index contributed by atoms with van der Waals surface area (Å²) in [5, 5.41) is 2.50. The third-order valence-corrected chi connectivity index (χ3v) is 13.8. The molecule has 1 aliphatic carbocycles. The molecule has 0 N–H and O–H groups in total. The molecule has 12 rings (SSSR count). The topological polar surface area (TPSA) is 4.93 Å². The number of hydrogen-bond donors (Lipinski definition) is 0. The minimum absolute atomic E-state index is 0.131. The summed E-state index contributed by atoms with van der Waals surface area (Å²) < 4.78 is 2.41. The van der Waals surface area contributed by atoms with E-state index >= 15 is 0 Å². The van der Waals surface area contributed by atoms with Gasteiger partial charge in [-0.1, -0.05) is 208 Å². The minimum atomic E-state index is -0.131. The van der Waals surface area contributed by atoms with Crippen LogP contribution in [-0.2, 0) is 5.41 Å². The summed E-state index contributed by atoms with van der Waals surface area (Å²) >= 11 is 0. The first-order valence-electron chi connectivity index (χ1n) is 23.0. The summed E-state index contributed by atoms with van der Waals surface area (Å²) in [6, 6.07) is 89.2. The van der Waals surface area contributed by atoms with Gasteiger partial charge in [-0.25, -0.2) is 0 Å². The van der Waals surface area contributed by atoms with Gasteiger partial charge in [0.2, 0.25) is 0 Å². The third-order valence-electron chi connectivity index (χ3n) is 13.8. The van der Waals surface area contributed by atoms with Crippen molar-refractivity contribution in [2.24, 2.45) is 0 Å². The molecule has 0 fully saturated rings. The summed E-state index contributed by atoms with van der Waals surface area (Å²) in [5.41, 5.74) is 23.0. The molecule has 11 aromatic rings. The maximum absolute atomic E-state index is 2.46. The molecule has 1 heterocycles. The van der Waals surface area contributed by atoms with Gasteiger partial charge in [-0.15, -0.1) is 0 Å². The van der Waals surface area contributed by atoms with Crippen molar-refractivity contribution in [3.05, 3.63) is 270 Å². The Labute approximate surface area is 387 Å².